The SMILES string of the molecule is O=C(NC1CCCc2sccc21)c1cn[nH]c1. The number of carbonyl (C=O) groups excluding carboxylic acids is 1. The van der Waals surface area contributed by atoms with Crippen molar-refractivity contribution in [2.24, 2.45) is 0 Å². The van der Waals surface area contributed by atoms with E-state index in [9.17, 15) is 4.79 Å². The first-order valence-electron chi connectivity index (χ1n) is 5.70. The lowest BCUT2D eigenvalue weighted by atomic mass is 9.94. The summed E-state index contributed by atoms with van der Waals surface area (Å²) in [6.45, 7) is 0. The molecule has 0 spiro atoms. The maximum absolute atomic E-state index is 11.9. The monoisotopic (exact) mass is 247 g/mol. The molecule has 0 saturated carbocycles. The van der Waals surface area contributed by atoms with E-state index in [0.717, 1.165) is 19.3 Å². The Kier molecular flexibility index (Phi) is 2.68. The van der Waals surface area contributed by atoms with Crippen molar-refractivity contribution in [1.82, 2.24) is 15.5 Å². The van der Waals surface area contributed by atoms with Crippen molar-refractivity contribution in [3.63, 3.8) is 0 Å². The number of amides is 1. The van der Waals surface area contributed by atoms with Crippen LogP contribution in [0.2, 0.25) is 0 Å². The van der Waals surface area contributed by atoms with Crippen molar-refractivity contribution in [3.05, 3.63) is 39.8 Å². The van der Waals surface area contributed by atoms with Gasteiger partial charge in [0.2, 0.25) is 0 Å². The molecular formula is C12H13N3OS. The quantitative estimate of drug-likeness (QED) is 0.855. The van der Waals surface area contributed by atoms with Crippen LogP contribution in [-0.4, -0.2) is 16.1 Å². The molecule has 88 valence electrons. The Balaban J connectivity index is 1.77. The highest BCUT2D eigenvalue weighted by Crippen LogP contribution is 2.33. The van der Waals surface area contributed by atoms with Gasteiger partial charge in [-0.1, -0.05) is 0 Å². The first-order chi connectivity index (χ1) is 8.34. The second kappa shape index (κ2) is 4.33. The van der Waals surface area contributed by atoms with Crippen LogP contribution in [0.5, 0.6) is 0 Å². The van der Waals surface area contributed by atoms with E-state index < -0.39 is 0 Å². The van der Waals surface area contributed by atoms with Crippen molar-refractivity contribution >= 4 is 17.2 Å². The zero-order valence-corrected chi connectivity index (χ0v) is 10.1. The number of aromatic amines is 1. The number of hydrogen-bond donors (Lipinski definition) is 2. The van der Waals surface area contributed by atoms with E-state index >= 15 is 0 Å². The molecule has 1 aliphatic carbocycles. The van der Waals surface area contributed by atoms with E-state index in [1.54, 1.807) is 23.7 Å². The second-order valence-corrected chi connectivity index (χ2v) is 5.21. The Morgan fingerprint density at radius 1 is 1.59 bits per heavy atom. The highest BCUT2D eigenvalue weighted by atomic mass is 32.1. The summed E-state index contributed by atoms with van der Waals surface area (Å²) in [5.74, 6) is -0.0530. The summed E-state index contributed by atoms with van der Waals surface area (Å²) >= 11 is 1.78. The van der Waals surface area contributed by atoms with Crippen LogP contribution in [0.4, 0.5) is 0 Å². The molecule has 2 N–H and O–H groups in total. The third kappa shape index (κ3) is 1.98. The largest absolute Gasteiger partial charge is 0.345 e. The van der Waals surface area contributed by atoms with E-state index in [1.807, 2.05) is 0 Å². The topological polar surface area (TPSA) is 57.8 Å². The van der Waals surface area contributed by atoms with Gasteiger partial charge in [-0.25, -0.2) is 0 Å². The van der Waals surface area contributed by atoms with Crippen LogP contribution in [0.15, 0.2) is 23.8 Å². The fraction of sp³-hybridized carbons (Fsp3) is 0.333. The number of rotatable bonds is 2. The number of thiophene rings is 1. The predicted octanol–water partition coefficient (Wildman–Crippen LogP) is 2.28. The van der Waals surface area contributed by atoms with Gasteiger partial charge < -0.3 is 5.32 Å². The Labute approximate surface area is 103 Å². The first kappa shape index (κ1) is 10.5. The lowest BCUT2D eigenvalue weighted by Crippen LogP contribution is -2.30. The molecule has 2 aromatic heterocycles. The third-order valence-electron chi connectivity index (χ3n) is 3.12. The minimum Gasteiger partial charge on any atom is -0.345 e. The van der Waals surface area contributed by atoms with Gasteiger partial charge in [-0.15, -0.1) is 11.3 Å². The molecule has 1 atom stereocenters. The number of hydrogen-bond acceptors (Lipinski definition) is 3. The minimum atomic E-state index is -0.0530. The minimum absolute atomic E-state index is 0.0530. The first-order valence-corrected chi connectivity index (χ1v) is 6.58. The molecule has 5 heteroatoms. The molecule has 0 aromatic carbocycles. The highest BCUT2D eigenvalue weighted by Gasteiger charge is 2.23. The number of aryl methyl sites for hydroxylation is 1. The summed E-state index contributed by atoms with van der Waals surface area (Å²) in [6.07, 6.45) is 6.47. The Morgan fingerprint density at radius 2 is 2.53 bits per heavy atom. The molecule has 17 heavy (non-hydrogen) atoms. The summed E-state index contributed by atoms with van der Waals surface area (Å²) in [5.41, 5.74) is 1.88. The van der Waals surface area contributed by atoms with Gasteiger partial charge in [0.05, 0.1) is 17.8 Å². The van der Waals surface area contributed by atoms with Crippen LogP contribution in [0, 0.1) is 0 Å². The number of H-pyrrole nitrogens is 1. The second-order valence-electron chi connectivity index (χ2n) is 4.20. The predicted molar refractivity (Wildman–Crippen MR) is 66.1 cm³/mol. The lowest BCUT2D eigenvalue weighted by Gasteiger charge is -2.23. The molecular weight excluding hydrogens is 234 g/mol. The number of nitrogens with zero attached hydrogens (tertiary/aromatic N) is 1. The fourth-order valence-electron chi connectivity index (χ4n) is 2.25. The molecule has 0 fully saturated rings. The maximum atomic E-state index is 11.9. The van der Waals surface area contributed by atoms with Crippen molar-refractivity contribution in [1.29, 1.82) is 0 Å². The number of fused-ring (bicyclic) bond motifs is 1. The molecule has 0 aliphatic heterocycles. The highest BCUT2D eigenvalue weighted by molar-refractivity contribution is 7.10. The van der Waals surface area contributed by atoms with E-state index in [1.165, 1.54) is 10.4 Å². The zero-order valence-electron chi connectivity index (χ0n) is 9.27. The van der Waals surface area contributed by atoms with Crippen LogP contribution in [0.3, 0.4) is 0 Å². The normalized spacial score (nSPS) is 18.7. The standard InChI is InChI=1S/C12H13N3OS/c16-12(8-6-13-14-7-8)15-10-2-1-3-11-9(10)4-5-17-11/h4-7,10H,1-3H2,(H,13,14)(H,15,16). The Bertz CT molecular complexity index is 518. The van der Waals surface area contributed by atoms with Crippen molar-refractivity contribution < 1.29 is 4.79 Å². The van der Waals surface area contributed by atoms with Gasteiger partial charge in [0.1, 0.15) is 0 Å². The van der Waals surface area contributed by atoms with E-state index in [-0.39, 0.29) is 11.9 Å². The smallest absolute Gasteiger partial charge is 0.254 e. The molecule has 1 unspecified atom stereocenters. The summed E-state index contributed by atoms with van der Waals surface area (Å²) in [6, 6.07) is 2.28. The summed E-state index contributed by atoms with van der Waals surface area (Å²) < 4.78 is 0. The van der Waals surface area contributed by atoms with Gasteiger partial charge in [-0.2, -0.15) is 5.10 Å². The molecule has 3 rings (SSSR count). The van der Waals surface area contributed by atoms with Crippen LogP contribution >= 0.6 is 11.3 Å². The van der Waals surface area contributed by atoms with Crippen molar-refractivity contribution in [3.8, 4) is 0 Å². The van der Waals surface area contributed by atoms with Crippen LogP contribution in [0.1, 0.15) is 39.7 Å². The summed E-state index contributed by atoms with van der Waals surface area (Å²) in [5, 5.41) is 11.6. The number of carbonyl (C=O) groups is 1. The van der Waals surface area contributed by atoms with Gasteiger partial charge in [0.25, 0.3) is 5.91 Å². The molecule has 0 radical (unpaired) electrons. The van der Waals surface area contributed by atoms with Crippen LogP contribution < -0.4 is 5.32 Å². The average molecular weight is 247 g/mol. The van der Waals surface area contributed by atoms with Crippen LogP contribution in [-0.2, 0) is 6.42 Å². The molecule has 0 saturated heterocycles. The molecule has 4 nitrogen and oxygen atoms in total. The van der Waals surface area contributed by atoms with Gasteiger partial charge in [0.15, 0.2) is 0 Å². The fourth-order valence-corrected chi connectivity index (χ4v) is 3.24. The van der Waals surface area contributed by atoms with E-state index in [0.29, 0.717) is 5.56 Å². The van der Waals surface area contributed by atoms with E-state index in [4.69, 9.17) is 0 Å². The third-order valence-corrected chi connectivity index (χ3v) is 4.11. The van der Waals surface area contributed by atoms with Gasteiger partial charge in [-0.3, -0.25) is 9.89 Å². The lowest BCUT2D eigenvalue weighted by molar-refractivity contribution is 0.0933. The Hall–Kier alpha value is -1.62. The molecule has 1 aliphatic rings. The average Bonchev–Trinajstić information content (AvgIpc) is 3.00. The van der Waals surface area contributed by atoms with Crippen molar-refractivity contribution in [2.75, 3.05) is 0 Å². The van der Waals surface area contributed by atoms with Crippen LogP contribution in [0.25, 0.3) is 0 Å². The number of aromatic nitrogens is 2. The maximum Gasteiger partial charge on any atom is 0.254 e. The van der Waals surface area contributed by atoms with Gasteiger partial charge in [0, 0.05) is 11.1 Å². The molecule has 1 amide bonds. The molecule has 2 aromatic rings. The summed E-state index contributed by atoms with van der Waals surface area (Å²) in [7, 11) is 0. The number of nitrogens with one attached hydrogen (secondary N) is 2. The zero-order chi connectivity index (χ0) is 11.7. The van der Waals surface area contributed by atoms with Gasteiger partial charge in [-0.05, 0) is 36.3 Å². The molecule has 2 heterocycles. The Morgan fingerprint density at radius 3 is 3.35 bits per heavy atom. The van der Waals surface area contributed by atoms with Crippen molar-refractivity contribution in [2.45, 2.75) is 25.3 Å². The molecule has 0 bridgehead atoms. The van der Waals surface area contributed by atoms with Gasteiger partial charge >= 0.3 is 0 Å². The summed E-state index contributed by atoms with van der Waals surface area (Å²) in [4.78, 5) is 13.3. The van der Waals surface area contributed by atoms with E-state index in [2.05, 4.69) is 27.0 Å².